The number of carbonyl (C=O) groups is 1. The van der Waals surface area contributed by atoms with Crippen LogP contribution >= 0.6 is 11.6 Å². The summed E-state index contributed by atoms with van der Waals surface area (Å²) in [7, 11) is 3.22. The highest BCUT2D eigenvalue weighted by Crippen LogP contribution is 2.25. The largest absolute Gasteiger partial charge is 0.495 e. The summed E-state index contributed by atoms with van der Waals surface area (Å²) >= 11 is 6.07. The van der Waals surface area contributed by atoms with Crippen LogP contribution in [0.25, 0.3) is 0 Å². The first-order valence-electron chi connectivity index (χ1n) is 5.68. The van der Waals surface area contributed by atoms with E-state index in [1.165, 1.54) is 4.68 Å². The van der Waals surface area contributed by atoms with E-state index in [0.717, 1.165) is 0 Å². The zero-order valence-electron chi connectivity index (χ0n) is 10.9. The van der Waals surface area contributed by atoms with E-state index in [9.17, 15) is 4.79 Å². The first-order chi connectivity index (χ1) is 9.04. The van der Waals surface area contributed by atoms with Gasteiger partial charge in [0.1, 0.15) is 11.4 Å². The molecule has 0 atom stereocenters. The Morgan fingerprint density at radius 3 is 2.68 bits per heavy atom. The van der Waals surface area contributed by atoms with Crippen LogP contribution in [0.2, 0.25) is 5.02 Å². The van der Waals surface area contributed by atoms with Crippen LogP contribution in [-0.2, 0) is 7.05 Å². The second kappa shape index (κ2) is 5.32. The summed E-state index contributed by atoms with van der Waals surface area (Å²) in [5, 5.41) is 7.23. The fourth-order valence-electron chi connectivity index (χ4n) is 1.81. The molecule has 19 heavy (non-hydrogen) atoms. The number of carbonyl (C=O) groups excluding carboxylic acids is 1. The van der Waals surface area contributed by atoms with E-state index in [1.54, 1.807) is 33.2 Å². The Bertz CT molecular complexity index is 622. The topological polar surface area (TPSA) is 56.1 Å². The summed E-state index contributed by atoms with van der Waals surface area (Å²) in [6.07, 6.45) is 0. The van der Waals surface area contributed by atoms with Crippen molar-refractivity contribution in [2.45, 2.75) is 6.92 Å². The number of aromatic nitrogens is 2. The molecule has 1 aromatic carbocycles. The average Bonchev–Trinajstić information content (AvgIpc) is 2.64. The first-order valence-corrected chi connectivity index (χ1v) is 6.06. The van der Waals surface area contributed by atoms with Gasteiger partial charge in [-0.1, -0.05) is 23.7 Å². The molecule has 100 valence electrons. The molecule has 1 N–H and O–H groups in total. The van der Waals surface area contributed by atoms with Crippen molar-refractivity contribution >= 4 is 23.2 Å². The Hall–Kier alpha value is -2.01. The van der Waals surface area contributed by atoms with Gasteiger partial charge in [-0.25, -0.2) is 0 Å². The van der Waals surface area contributed by atoms with Crippen LogP contribution in [0.15, 0.2) is 24.3 Å². The van der Waals surface area contributed by atoms with Crippen molar-refractivity contribution in [3.63, 3.8) is 0 Å². The molecule has 0 fully saturated rings. The molecule has 0 aliphatic carbocycles. The Morgan fingerprint density at radius 1 is 1.42 bits per heavy atom. The minimum absolute atomic E-state index is 0.322. The maximum Gasteiger partial charge on any atom is 0.275 e. The van der Waals surface area contributed by atoms with Gasteiger partial charge in [-0.2, -0.15) is 5.10 Å². The number of rotatable bonds is 3. The lowest BCUT2D eigenvalue weighted by Gasteiger charge is -2.10. The number of nitrogens with one attached hydrogen (secondary N) is 1. The minimum atomic E-state index is -0.322. The molecule has 0 spiro atoms. The number of para-hydroxylation sites is 2. The molecule has 0 aliphatic rings. The smallest absolute Gasteiger partial charge is 0.275 e. The zero-order chi connectivity index (χ0) is 14.0. The van der Waals surface area contributed by atoms with Crippen LogP contribution in [0.4, 0.5) is 5.69 Å². The van der Waals surface area contributed by atoms with Gasteiger partial charge in [-0.3, -0.25) is 9.48 Å². The number of hydrogen-bond donors (Lipinski definition) is 1. The third-order valence-electron chi connectivity index (χ3n) is 2.72. The Balaban J connectivity index is 2.31. The molecule has 2 rings (SSSR count). The number of methoxy groups -OCH3 is 1. The van der Waals surface area contributed by atoms with Crippen LogP contribution < -0.4 is 10.1 Å². The van der Waals surface area contributed by atoms with Crippen molar-refractivity contribution in [1.29, 1.82) is 0 Å². The maximum absolute atomic E-state index is 12.2. The van der Waals surface area contributed by atoms with E-state index < -0.39 is 0 Å². The van der Waals surface area contributed by atoms with E-state index in [2.05, 4.69) is 10.4 Å². The van der Waals surface area contributed by atoms with Crippen LogP contribution in [0.5, 0.6) is 5.75 Å². The first kappa shape index (κ1) is 13.4. The van der Waals surface area contributed by atoms with Gasteiger partial charge in [0.25, 0.3) is 5.91 Å². The molecular formula is C13H14ClN3O2. The third kappa shape index (κ3) is 2.56. The number of aryl methyl sites for hydroxylation is 2. The van der Waals surface area contributed by atoms with Gasteiger partial charge in [-0.05, 0) is 19.1 Å². The molecule has 2 aromatic rings. The van der Waals surface area contributed by atoms with Crippen molar-refractivity contribution < 1.29 is 9.53 Å². The lowest BCUT2D eigenvalue weighted by molar-refractivity contribution is 0.101. The summed E-state index contributed by atoms with van der Waals surface area (Å²) in [6.45, 7) is 1.75. The summed E-state index contributed by atoms with van der Waals surface area (Å²) in [5.74, 6) is 0.267. The average molecular weight is 280 g/mol. The van der Waals surface area contributed by atoms with Gasteiger partial charge in [-0.15, -0.1) is 0 Å². The van der Waals surface area contributed by atoms with Crippen molar-refractivity contribution in [2.75, 3.05) is 12.4 Å². The molecule has 6 heteroatoms. The molecule has 0 saturated carbocycles. The maximum atomic E-state index is 12.2. The van der Waals surface area contributed by atoms with Gasteiger partial charge in [0.05, 0.1) is 23.5 Å². The molecule has 1 heterocycles. The minimum Gasteiger partial charge on any atom is -0.495 e. The molecule has 0 unspecified atom stereocenters. The van der Waals surface area contributed by atoms with Crippen LogP contribution in [0.3, 0.4) is 0 Å². The highest BCUT2D eigenvalue weighted by molar-refractivity contribution is 6.34. The molecule has 0 radical (unpaired) electrons. The van der Waals surface area contributed by atoms with Crippen LogP contribution in [0, 0.1) is 6.92 Å². The van der Waals surface area contributed by atoms with E-state index in [1.807, 2.05) is 12.1 Å². The molecule has 0 saturated heterocycles. The molecule has 1 aromatic heterocycles. The van der Waals surface area contributed by atoms with Gasteiger partial charge in [0, 0.05) is 7.05 Å². The SMILES string of the molecule is COc1ccccc1NC(=O)c1c(Cl)c(C)nn1C. The fourth-order valence-corrected chi connectivity index (χ4v) is 2.05. The van der Waals surface area contributed by atoms with E-state index in [4.69, 9.17) is 16.3 Å². The Labute approximate surface area is 116 Å². The number of benzene rings is 1. The highest BCUT2D eigenvalue weighted by atomic mass is 35.5. The molecule has 0 aliphatic heterocycles. The Morgan fingerprint density at radius 2 is 2.11 bits per heavy atom. The molecule has 0 bridgehead atoms. The quantitative estimate of drug-likeness (QED) is 0.940. The number of hydrogen-bond acceptors (Lipinski definition) is 3. The second-order valence-electron chi connectivity index (χ2n) is 4.03. The van der Waals surface area contributed by atoms with Crippen molar-refractivity contribution in [2.24, 2.45) is 7.05 Å². The number of nitrogens with zero attached hydrogens (tertiary/aromatic N) is 2. The van der Waals surface area contributed by atoms with Crippen molar-refractivity contribution in [3.8, 4) is 5.75 Å². The number of amides is 1. The monoisotopic (exact) mass is 279 g/mol. The van der Waals surface area contributed by atoms with Gasteiger partial charge >= 0.3 is 0 Å². The van der Waals surface area contributed by atoms with Crippen molar-refractivity contribution in [1.82, 2.24) is 9.78 Å². The molecule has 5 nitrogen and oxygen atoms in total. The highest BCUT2D eigenvalue weighted by Gasteiger charge is 2.19. The predicted molar refractivity (Wildman–Crippen MR) is 73.9 cm³/mol. The predicted octanol–water partition coefficient (Wildman–Crippen LogP) is 2.64. The Kier molecular flexibility index (Phi) is 3.76. The summed E-state index contributed by atoms with van der Waals surface area (Å²) < 4.78 is 6.64. The number of halogens is 1. The summed E-state index contributed by atoms with van der Waals surface area (Å²) in [5.41, 5.74) is 1.53. The molecular weight excluding hydrogens is 266 g/mol. The van der Waals surface area contributed by atoms with Crippen LogP contribution in [0.1, 0.15) is 16.2 Å². The molecule has 1 amide bonds. The van der Waals surface area contributed by atoms with E-state index in [-0.39, 0.29) is 5.91 Å². The fraction of sp³-hybridized carbons (Fsp3) is 0.231. The van der Waals surface area contributed by atoms with E-state index >= 15 is 0 Å². The van der Waals surface area contributed by atoms with Crippen LogP contribution in [-0.4, -0.2) is 22.8 Å². The summed E-state index contributed by atoms with van der Waals surface area (Å²) in [6, 6.07) is 7.17. The van der Waals surface area contributed by atoms with Gasteiger partial charge < -0.3 is 10.1 Å². The van der Waals surface area contributed by atoms with E-state index in [0.29, 0.717) is 27.8 Å². The zero-order valence-corrected chi connectivity index (χ0v) is 11.7. The standard InChI is InChI=1S/C13H14ClN3O2/c1-8-11(14)12(17(2)16-8)13(18)15-9-6-4-5-7-10(9)19-3/h4-7H,1-3H3,(H,15,18). The normalized spacial score (nSPS) is 10.3. The number of ether oxygens (including phenoxy) is 1. The third-order valence-corrected chi connectivity index (χ3v) is 3.17. The lowest BCUT2D eigenvalue weighted by atomic mass is 10.2. The second-order valence-corrected chi connectivity index (χ2v) is 4.40. The van der Waals surface area contributed by atoms with Crippen molar-refractivity contribution in [3.05, 3.63) is 40.7 Å². The summed E-state index contributed by atoms with van der Waals surface area (Å²) in [4.78, 5) is 12.2. The lowest BCUT2D eigenvalue weighted by Crippen LogP contribution is -2.17. The van der Waals surface area contributed by atoms with Gasteiger partial charge in [0.2, 0.25) is 0 Å². The van der Waals surface area contributed by atoms with Gasteiger partial charge in [0.15, 0.2) is 0 Å². The number of anilines is 1.